The van der Waals surface area contributed by atoms with Gasteiger partial charge in [0.1, 0.15) is 5.60 Å². The van der Waals surface area contributed by atoms with Crippen LogP contribution in [-0.4, -0.2) is 30.3 Å². The average Bonchev–Trinajstić information content (AvgIpc) is 2.43. The Hall–Kier alpha value is -1.60. The second-order valence-electron chi connectivity index (χ2n) is 6.19. The largest absolute Gasteiger partial charge is 0.511 e. The van der Waals surface area contributed by atoms with Gasteiger partial charge in [0, 0.05) is 11.5 Å². The molecule has 0 saturated heterocycles. The molecule has 0 N–H and O–H groups in total. The summed E-state index contributed by atoms with van der Waals surface area (Å²) >= 11 is 0. The third kappa shape index (κ3) is 7.47. The van der Waals surface area contributed by atoms with E-state index >= 15 is 0 Å². The summed E-state index contributed by atoms with van der Waals surface area (Å²) in [6.45, 7) is 15.9. The van der Waals surface area contributed by atoms with Crippen molar-refractivity contribution >= 4 is 12.1 Å². The van der Waals surface area contributed by atoms with Crippen molar-refractivity contribution in [3.63, 3.8) is 0 Å². The van der Waals surface area contributed by atoms with Crippen LogP contribution in [0.25, 0.3) is 0 Å². The number of ether oxygens (including phenoxy) is 3. The van der Waals surface area contributed by atoms with Gasteiger partial charge in [-0.25, -0.2) is 9.59 Å². The fourth-order valence-electron chi connectivity index (χ4n) is 1.40. The number of hydrogen-bond acceptors (Lipinski definition) is 7. The van der Waals surface area contributed by atoms with Gasteiger partial charge in [0.2, 0.25) is 12.6 Å². The zero-order valence-electron chi connectivity index (χ0n) is 15.0. The first-order chi connectivity index (χ1) is 10.4. The fraction of sp³-hybridized carbons (Fsp3) is 0.750. The van der Waals surface area contributed by atoms with Gasteiger partial charge in [-0.3, -0.25) is 4.89 Å². The number of hydrogen-bond donors (Lipinski definition) is 0. The first kappa shape index (κ1) is 21.4. The smallest absolute Gasteiger partial charge is 0.428 e. The normalized spacial score (nSPS) is 14.6. The van der Waals surface area contributed by atoms with Crippen LogP contribution in [0, 0.1) is 5.41 Å². The van der Waals surface area contributed by atoms with Gasteiger partial charge < -0.3 is 14.2 Å². The van der Waals surface area contributed by atoms with Crippen molar-refractivity contribution in [2.45, 2.75) is 73.1 Å². The van der Waals surface area contributed by atoms with Gasteiger partial charge in [-0.1, -0.05) is 27.4 Å². The molecule has 7 nitrogen and oxygen atoms in total. The van der Waals surface area contributed by atoms with Crippen molar-refractivity contribution in [1.29, 1.82) is 0 Å². The monoisotopic (exact) mass is 332 g/mol. The second-order valence-corrected chi connectivity index (χ2v) is 6.19. The second kappa shape index (κ2) is 8.88. The van der Waals surface area contributed by atoms with E-state index in [9.17, 15) is 9.59 Å². The number of carbonyl (C=O) groups excluding carboxylic acids is 2. The van der Waals surface area contributed by atoms with E-state index in [4.69, 9.17) is 14.2 Å². The first-order valence-electron chi connectivity index (χ1n) is 7.50. The van der Waals surface area contributed by atoms with Gasteiger partial charge in [0.25, 0.3) is 0 Å². The highest BCUT2D eigenvalue weighted by atomic mass is 17.2. The van der Waals surface area contributed by atoms with Crippen molar-refractivity contribution in [3.05, 3.63) is 12.7 Å². The molecule has 0 aromatic rings. The molecule has 0 radical (unpaired) electrons. The fourth-order valence-corrected chi connectivity index (χ4v) is 1.40. The van der Waals surface area contributed by atoms with E-state index in [1.807, 2.05) is 34.6 Å². The molecule has 0 aliphatic carbocycles. The summed E-state index contributed by atoms with van der Waals surface area (Å²) in [5.74, 6) is -0.753. The molecule has 2 unspecified atom stereocenters. The summed E-state index contributed by atoms with van der Waals surface area (Å²) < 4.78 is 15.6. The maximum absolute atomic E-state index is 11.9. The van der Waals surface area contributed by atoms with Crippen LogP contribution in [0.5, 0.6) is 0 Å². The molecule has 0 aliphatic heterocycles. The Balaban J connectivity index is 4.34. The molecule has 134 valence electrons. The number of rotatable bonds is 9. The van der Waals surface area contributed by atoms with E-state index in [2.05, 4.69) is 16.4 Å². The highest BCUT2D eigenvalue weighted by molar-refractivity contribution is 5.80. The molecular formula is C16H28O7. The topological polar surface area (TPSA) is 80.3 Å². The molecule has 0 aliphatic rings. The Morgan fingerprint density at radius 1 is 1.13 bits per heavy atom. The minimum atomic E-state index is -0.944. The number of carbonyl (C=O) groups is 2. The van der Waals surface area contributed by atoms with Crippen LogP contribution in [0.4, 0.5) is 4.79 Å². The predicted octanol–water partition coefficient (Wildman–Crippen LogP) is 3.72. The molecule has 7 heteroatoms. The summed E-state index contributed by atoms with van der Waals surface area (Å²) in [6.07, 6.45) is -0.943. The maximum Gasteiger partial charge on any atom is 0.511 e. The molecule has 0 heterocycles. The summed E-state index contributed by atoms with van der Waals surface area (Å²) in [5, 5.41) is 0. The Kier molecular flexibility index (Phi) is 8.26. The van der Waals surface area contributed by atoms with Gasteiger partial charge in [-0.2, -0.15) is 4.89 Å². The third-order valence-corrected chi connectivity index (χ3v) is 3.93. The summed E-state index contributed by atoms with van der Waals surface area (Å²) in [6, 6.07) is 0. The average molecular weight is 332 g/mol. The summed E-state index contributed by atoms with van der Waals surface area (Å²) in [7, 11) is 0. The molecule has 0 saturated carbocycles. The molecule has 0 fully saturated rings. The molecule has 0 rings (SSSR count). The van der Waals surface area contributed by atoms with Gasteiger partial charge in [-0.05, 0) is 34.1 Å². The van der Waals surface area contributed by atoms with Crippen molar-refractivity contribution < 1.29 is 33.6 Å². The SMILES string of the molecule is C=CC(=O)OOC(C)OC(C)OC(=O)OC(C)(C)C(C)(C)CC. The summed E-state index contributed by atoms with van der Waals surface area (Å²) in [5.41, 5.74) is -0.925. The molecule has 0 aromatic heterocycles. The zero-order valence-corrected chi connectivity index (χ0v) is 15.0. The van der Waals surface area contributed by atoms with Gasteiger partial charge >= 0.3 is 12.1 Å². The minimum Gasteiger partial charge on any atom is -0.428 e. The zero-order chi connectivity index (χ0) is 18.3. The molecule has 23 heavy (non-hydrogen) atoms. The first-order valence-corrected chi connectivity index (χ1v) is 7.50. The van der Waals surface area contributed by atoms with Crippen LogP contribution in [0.1, 0.15) is 54.9 Å². The molecule has 2 atom stereocenters. The Morgan fingerprint density at radius 2 is 1.70 bits per heavy atom. The van der Waals surface area contributed by atoms with E-state index in [1.165, 1.54) is 13.8 Å². The Bertz CT molecular complexity index is 415. The van der Waals surface area contributed by atoms with E-state index in [-0.39, 0.29) is 5.41 Å². The molecule has 0 amide bonds. The van der Waals surface area contributed by atoms with Crippen molar-refractivity contribution in [1.82, 2.24) is 0 Å². The molecule has 0 bridgehead atoms. The van der Waals surface area contributed by atoms with Gasteiger partial charge in [-0.15, -0.1) is 0 Å². The van der Waals surface area contributed by atoms with Gasteiger partial charge in [0.05, 0.1) is 0 Å². The highest BCUT2D eigenvalue weighted by Gasteiger charge is 2.39. The van der Waals surface area contributed by atoms with E-state index in [0.717, 1.165) is 12.5 Å². The predicted molar refractivity (Wildman–Crippen MR) is 83.1 cm³/mol. The minimum absolute atomic E-state index is 0.217. The van der Waals surface area contributed by atoms with Crippen molar-refractivity contribution in [2.24, 2.45) is 5.41 Å². The van der Waals surface area contributed by atoms with Crippen molar-refractivity contribution in [2.75, 3.05) is 0 Å². The van der Waals surface area contributed by atoms with Crippen LogP contribution in [0.2, 0.25) is 0 Å². The lowest BCUT2D eigenvalue weighted by molar-refractivity contribution is -0.363. The lowest BCUT2D eigenvalue weighted by Crippen LogP contribution is -2.43. The van der Waals surface area contributed by atoms with Crippen LogP contribution in [-0.2, 0) is 28.8 Å². The standard InChI is InChI=1S/C16H28O7/c1-9-13(17)23-22-12(4)19-11(3)20-14(18)21-16(7,8)15(5,6)10-2/h9,11-12H,1,10H2,2-8H3. The molecule has 0 spiro atoms. The highest BCUT2D eigenvalue weighted by Crippen LogP contribution is 2.37. The van der Waals surface area contributed by atoms with Crippen LogP contribution in [0.15, 0.2) is 12.7 Å². The van der Waals surface area contributed by atoms with Crippen LogP contribution in [0.3, 0.4) is 0 Å². The molecule has 0 aromatic carbocycles. The lowest BCUT2D eigenvalue weighted by atomic mass is 9.75. The quantitative estimate of drug-likeness (QED) is 0.209. The molecular weight excluding hydrogens is 304 g/mol. The van der Waals surface area contributed by atoms with Crippen LogP contribution >= 0.6 is 0 Å². The Morgan fingerprint density at radius 3 is 2.17 bits per heavy atom. The third-order valence-electron chi connectivity index (χ3n) is 3.93. The van der Waals surface area contributed by atoms with E-state index in [1.54, 1.807) is 0 Å². The van der Waals surface area contributed by atoms with Crippen LogP contribution < -0.4 is 0 Å². The Labute approximate surface area is 137 Å². The lowest BCUT2D eigenvalue weighted by Gasteiger charge is -2.39. The maximum atomic E-state index is 11.9. The van der Waals surface area contributed by atoms with Gasteiger partial charge in [0.15, 0.2) is 0 Å². The van der Waals surface area contributed by atoms with E-state index < -0.39 is 30.3 Å². The van der Waals surface area contributed by atoms with Crippen molar-refractivity contribution in [3.8, 4) is 0 Å². The van der Waals surface area contributed by atoms with E-state index in [0.29, 0.717) is 0 Å². The summed E-state index contributed by atoms with van der Waals surface area (Å²) in [4.78, 5) is 31.7.